The van der Waals surface area contributed by atoms with Crippen molar-refractivity contribution in [1.82, 2.24) is 20.2 Å². The lowest BCUT2D eigenvalue weighted by atomic mass is 10.1. The van der Waals surface area contributed by atoms with E-state index in [0.29, 0.717) is 5.92 Å². The van der Waals surface area contributed by atoms with Crippen LogP contribution in [0.3, 0.4) is 0 Å². The normalized spacial score (nSPS) is 26.5. The Labute approximate surface area is 102 Å². The Bertz CT molecular complexity index is 353. The van der Waals surface area contributed by atoms with Crippen molar-refractivity contribution in [1.29, 1.82) is 0 Å². The molecule has 1 unspecified atom stereocenters. The van der Waals surface area contributed by atoms with E-state index in [9.17, 15) is 0 Å². The minimum absolute atomic E-state index is 0.478. The molecule has 3 rings (SSSR count). The van der Waals surface area contributed by atoms with Gasteiger partial charge in [-0.05, 0) is 6.42 Å². The highest BCUT2D eigenvalue weighted by molar-refractivity contribution is 5.06. The maximum absolute atomic E-state index is 5.39. The predicted octanol–water partition coefficient (Wildman–Crippen LogP) is 0.319. The van der Waals surface area contributed by atoms with Crippen LogP contribution in [0.1, 0.15) is 23.9 Å². The third-order valence-electron chi connectivity index (χ3n) is 3.57. The second-order valence-electron chi connectivity index (χ2n) is 4.88. The SMILES string of the molecule is c1nc(C2CCOC2)[nH]c1CN1CCNCC1. The van der Waals surface area contributed by atoms with Crippen molar-refractivity contribution in [3.05, 3.63) is 17.7 Å². The zero-order valence-electron chi connectivity index (χ0n) is 10.1. The Morgan fingerprint density at radius 3 is 3.06 bits per heavy atom. The zero-order valence-corrected chi connectivity index (χ0v) is 10.1. The van der Waals surface area contributed by atoms with Gasteiger partial charge in [0.05, 0.1) is 6.61 Å². The molecular formula is C12H20N4O. The van der Waals surface area contributed by atoms with Crippen LogP contribution in [0.25, 0.3) is 0 Å². The van der Waals surface area contributed by atoms with Crippen LogP contribution in [-0.2, 0) is 11.3 Å². The summed E-state index contributed by atoms with van der Waals surface area (Å²) in [6, 6.07) is 0. The van der Waals surface area contributed by atoms with Gasteiger partial charge in [-0.25, -0.2) is 4.98 Å². The third kappa shape index (κ3) is 2.68. The Balaban J connectivity index is 1.59. The van der Waals surface area contributed by atoms with Crippen molar-refractivity contribution in [3.63, 3.8) is 0 Å². The van der Waals surface area contributed by atoms with Crippen molar-refractivity contribution >= 4 is 0 Å². The van der Waals surface area contributed by atoms with Gasteiger partial charge in [-0.1, -0.05) is 0 Å². The van der Waals surface area contributed by atoms with E-state index in [4.69, 9.17) is 4.74 Å². The van der Waals surface area contributed by atoms with Crippen LogP contribution in [0.4, 0.5) is 0 Å². The number of aromatic amines is 1. The van der Waals surface area contributed by atoms with Gasteiger partial charge in [0.1, 0.15) is 5.82 Å². The van der Waals surface area contributed by atoms with E-state index in [2.05, 4.69) is 20.2 Å². The number of nitrogens with zero attached hydrogens (tertiary/aromatic N) is 2. The molecule has 3 heterocycles. The molecule has 1 atom stereocenters. The van der Waals surface area contributed by atoms with E-state index in [1.807, 2.05) is 6.20 Å². The molecular weight excluding hydrogens is 216 g/mol. The van der Waals surface area contributed by atoms with Crippen molar-refractivity contribution in [2.24, 2.45) is 0 Å². The number of hydrogen-bond donors (Lipinski definition) is 2. The maximum atomic E-state index is 5.39. The van der Waals surface area contributed by atoms with Crippen LogP contribution in [-0.4, -0.2) is 54.3 Å². The fraction of sp³-hybridized carbons (Fsp3) is 0.750. The number of rotatable bonds is 3. The van der Waals surface area contributed by atoms with Crippen LogP contribution < -0.4 is 5.32 Å². The lowest BCUT2D eigenvalue weighted by Gasteiger charge is -2.26. The van der Waals surface area contributed by atoms with Gasteiger partial charge in [0, 0.05) is 57.1 Å². The van der Waals surface area contributed by atoms with Gasteiger partial charge in [0.25, 0.3) is 0 Å². The highest BCUT2D eigenvalue weighted by Gasteiger charge is 2.21. The molecule has 2 aliphatic heterocycles. The number of imidazole rings is 1. The van der Waals surface area contributed by atoms with E-state index in [1.54, 1.807) is 0 Å². The minimum atomic E-state index is 0.478. The van der Waals surface area contributed by atoms with Crippen molar-refractivity contribution < 1.29 is 4.74 Å². The number of H-pyrrole nitrogens is 1. The summed E-state index contributed by atoms with van der Waals surface area (Å²) in [5.74, 6) is 1.58. The van der Waals surface area contributed by atoms with Crippen molar-refractivity contribution in [2.75, 3.05) is 39.4 Å². The first-order valence-electron chi connectivity index (χ1n) is 6.46. The highest BCUT2D eigenvalue weighted by Crippen LogP contribution is 2.22. The van der Waals surface area contributed by atoms with E-state index in [0.717, 1.165) is 58.2 Å². The van der Waals surface area contributed by atoms with Crippen LogP contribution in [0.15, 0.2) is 6.20 Å². The zero-order chi connectivity index (χ0) is 11.5. The van der Waals surface area contributed by atoms with Crippen LogP contribution in [0, 0.1) is 0 Å². The fourth-order valence-corrected chi connectivity index (χ4v) is 2.52. The van der Waals surface area contributed by atoms with E-state index < -0.39 is 0 Å². The quantitative estimate of drug-likeness (QED) is 0.793. The molecule has 2 N–H and O–H groups in total. The summed E-state index contributed by atoms with van der Waals surface area (Å²) < 4.78 is 5.39. The number of piperazine rings is 1. The van der Waals surface area contributed by atoms with Gasteiger partial charge in [-0.2, -0.15) is 0 Å². The van der Waals surface area contributed by atoms with Crippen LogP contribution in [0.5, 0.6) is 0 Å². The minimum Gasteiger partial charge on any atom is -0.381 e. The van der Waals surface area contributed by atoms with E-state index >= 15 is 0 Å². The summed E-state index contributed by atoms with van der Waals surface area (Å²) in [6.07, 6.45) is 3.08. The summed E-state index contributed by atoms with van der Waals surface area (Å²) in [4.78, 5) is 10.4. The molecule has 1 aromatic heterocycles. The molecule has 1 aromatic rings. The summed E-state index contributed by atoms with van der Waals surface area (Å²) >= 11 is 0. The van der Waals surface area contributed by atoms with Crippen molar-refractivity contribution in [3.8, 4) is 0 Å². The van der Waals surface area contributed by atoms with Gasteiger partial charge >= 0.3 is 0 Å². The maximum Gasteiger partial charge on any atom is 0.111 e. The van der Waals surface area contributed by atoms with Gasteiger partial charge in [-0.3, -0.25) is 4.90 Å². The molecule has 0 aliphatic carbocycles. The first kappa shape index (κ1) is 11.2. The molecule has 94 valence electrons. The van der Waals surface area contributed by atoms with Gasteiger partial charge in [-0.15, -0.1) is 0 Å². The Hall–Kier alpha value is -0.910. The molecule has 2 aliphatic rings. The molecule has 2 fully saturated rings. The summed E-state index contributed by atoms with van der Waals surface area (Å²) in [7, 11) is 0. The number of hydrogen-bond acceptors (Lipinski definition) is 4. The number of aromatic nitrogens is 2. The molecule has 2 saturated heterocycles. The molecule has 0 saturated carbocycles. The Morgan fingerprint density at radius 2 is 2.29 bits per heavy atom. The Morgan fingerprint density at radius 1 is 1.41 bits per heavy atom. The van der Waals surface area contributed by atoms with Crippen molar-refractivity contribution in [2.45, 2.75) is 18.9 Å². The number of ether oxygens (including phenoxy) is 1. The van der Waals surface area contributed by atoms with Gasteiger partial charge in [0.2, 0.25) is 0 Å². The lowest BCUT2D eigenvalue weighted by molar-refractivity contribution is 0.193. The fourth-order valence-electron chi connectivity index (χ4n) is 2.52. The van der Waals surface area contributed by atoms with Gasteiger partial charge < -0.3 is 15.0 Å². The Kier molecular flexibility index (Phi) is 3.40. The first-order valence-corrected chi connectivity index (χ1v) is 6.46. The molecule has 0 spiro atoms. The first-order chi connectivity index (χ1) is 8.42. The van der Waals surface area contributed by atoms with Crippen LogP contribution >= 0.6 is 0 Å². The summed E-state index contributed by atoms with van der Waals surface area (Å²) in [5, 5.41) is 3.37. The number of nitrogens with one attached hydrogen (secondary N) is 2. The summed E-state index contributed by atoms with van der Waals surface area (Å²) in [6.45, 7) is 7.12. The van der Waals surface area contributed by atoms with E-state index in [-0.39, 0.29) is 0 Å². The molecule has 0 bridgehead atoms. The molecule has 5 nitrogen and oxygen atoms in total. The molecule has 5 heteroatoms. The second kappa shape index (κ2) is 5.16. The predicted molar refractivity (Wildman–Crippen MR) is 64.9 cm³/mol. The highest BCUT2D eigenvalue weighted by atomic mass is 16.5. The standard InChI is InChI=1S/C12H20N4O/c1-6-17-9-10(1)12-14-7-11(15-12)8-16-4-2-13-3-5-16/h7,10,13H,1-6,8-9H2,(H,14,15). The average Bonchev–Trinajstić information content (AvgIpc) is 3.00. The van der Waals surface area contributed by atoms with E-state index in [1.165, 1.54) is 5.69 Å². The summed E-state index contributed by atoms with van der Waals surface area (Å²) in [5.41, 5.74) is 1.23. The lowest BCUT2D eigenvalue weighted by Crippen LogP contribution is -2.42. The molecule has 17 heavy (non-hydrogen) atoms. The van der Waals surface area contributed by atoms with Crippen LogP contribution in [0.2, 0.25) is 0 Å². The topological polar surface area (TPSA) is 53.2 Å². The smallest absolute Gasteiger partial charge is 0.111 e. The second-order valence-corrected chi connectivity index (χ2v) is 4.88. The molecule has 0 aromatic carbocycles. The average molecular weight is 236 g/mol. The van der Waals surface area contributed by atoms with Gasteiger partial charge in [0.15, 0.2) is 0 Å². The largest absolute Gasteiger partial charge is 0.381 e. The third-order valence-corrected chi connectivity index (χ3v) is 3.57. The monoisotopic (exact) mass is 236 g/mol. The molecule has 0 amide bonds. The molecule has 0 radical (unpaired) electrons.